The highest BCUT2D eigenvalue weighted by molar-refractivity contribution is 7.15. The molecule has 1 aliphatic carbocycles. The number of nitrogens with zero attached hydrogens (tertiary/aromatic N) is 1. The van der Waals surface area contributed by atoms with Crippen LogP contribution in [0.2, 0.25) is 0 Å². The molecule has 1 atom stereocenters. The summed E-state index contributed by atoms with van der Waals surface area (Å²) in [5.74, 6) is -1.06. The number of carbonyl (C=O) groups is 1. The Bertz CT molecular complexity index is 452. The van der Waals surface area contributed by atoms with Gasteiger partial charge >= 0.3 is 11.0 Å². The standard InChI is InChI=1S/C9H10N2O4S/c10-7(8(12)13)9(3-4-9)5-1-2-6(16-5)11(14)15/h1-2,7H,3-4,10H2,(H,12,13). The highest BCUT2D eigenvalue weighted by atomic mass is 32.1. The second-order valence-electron chi connectivity index (χ2n) is 3.87. The summed E-state index contributed by atoms with van der Waals surface area (Å²) < 4.78 is 0. The van der Waals surface area contributed by atoms with Crippen LogP contribution < -0.4 is 5.73 Å². The average molecular weight is 242 g/mol. The van der Waals surface area contributed by atoms with E-state index in [1.165, 1.54) is 6.07 Å². The molecular formula is C9H10N2O4S. The second-order valence-corrected chi connectivity index (χ2v) is 4.93. The van der Waals surface area contributed by atoms with Crippen molar-refractivity contribution in [2.75, 3.05) is 0 Å². The van der Waals surface area contributed by atoms with E-state index in [0.717, 1.165) is 11.3 Å². The number of aliphatic carboxylic acids is 1. The van der Waals surface area contributed by atoms with Crippen molar-refractivity contribution >= 4 is 22.3 Å². The van der Waals surface area contributed by atoms with Crippen molar-refractivity contribution < 1.29 is 14.8 Å². The first-order chi connectivity index (χ1) is 7.47. The van der Waals surface area contributed by atoms with Crippen molar-refractivity contribution in [3.63, 3.8) is 0 Å². The maximum atomic E-state index is 10.8. The van der Waals surface area contributed by atoms with Gasteiger partial charge in [-0.3, -0.25) is 14.9 Å². The van der Waals surface area contributed by atoms with E-state index >= 15 is 0 Å². The first kappa shape index (κ1) is 11.0. The number of rotatable bonds is 4. The minimum Gasteiger partial charge on any atom is -0.480 e. The molecule has 1 aliphatic rings. The molecule has 0 bridgehead atoms. The third-order valence-corrected chi connectivity index (χ3v) is 4.17. The van der Waals surface area contributed by atoms with Gasteiger partial charge < -0.3 is 10.8 Å². The molecule has 0 saturated heterocycles. The lowest BCUT2D eigenvalue weighted by molar-refractivity contribution is -0.380. The monoisotopic (exact) mass is 242 g/mol. The molecule has 6 nitrogen and oxygen atoms in total. The van der Waals surface area contributed by atoms with Gasteiger partial charge in [-0.25, -0.2) is 0 Å². The van der Waals surface area contributed by atoms with Gasteiger partial charge in [0.05, 0.1) is 4.92 Å². The molecule has 1 aromatic rings. The van der Waals surface area contributed by atoms with Crippen LogP contribution in [0.15, 0.2) is 12.1 Å². The molecule has 2 rings (SSSR count). The zero-order valence-corrected chi connectivity index (χ0v) is 9.07. The molecule has 0 aromatic carbocycles. The molecule has 86 valence electrons. The van der Waals surface area contributed by atoms with Gasteiger partial charge in [0.1, 0.15) is 6.04 Å². The first-order valence-electron chi connectivity index (χ1n) is 4.70. The summed E-state index contributed by atoms with van der Waals surface area (Å²) in [5.41, 5.74) is 5.03. The van der Waals surface area contributed by atoms with Crippen LogP contribution in [0.25, 0.3) is 0 Å². The molecule has 3 N–H and O–H groups in total. The summed E-state index contributed by atoms with van der Waals surface area (Å²) in [6.07, 6.45) is 1.36. The summed E-state index contributed by atoms with van der Waals surface area (Å²) in [7, 11) is 0. The summed E-state index contributed by atoms with van der Waals surface area (Å²) in [6, 6.07) is 2.03. The molecule has 0 aliphatic heterocycles. The van der Waals surface area contributed by atoms with Crippen LogP contribution in [-0.2, 0) is 10.2 Å². The third kappa shape index (κ3) is 1.57. The van der Waals surface area contributed by atoms with Gasteiger partial charge in [0.25, 0.3) is 0 Å². The predicted molar refractivity (Wildman–Crippen MR) is 57.5 cm³/mol. The minimum atomic E-state index is -1.06. The smallest absolute Gasteiger partial charge is 0.324 e. The molecule has 1 fully saturated rings. The Morgan fingerprint density at radius 1 is 1.62 bits per heavy atom. The first-order valence-corrected chi connectivity index (χ1v) is 5.52. The molecule has 1 saturated carbocycles. The number of nitro groups is 1. The topological polar surface area (TPSA) is 106 Å². The summed E-state index contributed by atoms with van der Waals surface area (Å²) in [4.78, 5) is 21.6. The Balaban J connectivity index is 2.30. The molecule has 1 heterocycles. The molecular weight excluding hydrogens is 232 g/mol. The van der Waals surface area contributed by atoms with Crippen LogP contribution in [0.4, 0.5) is 5.00 Å². The van der Waals surface area contributed by atoms with E-state index in [2.05, 4.69) is 0 Å². The number of nitrogens with two attached hydrogens (primary N) is 1. The quantitative estimate of drug-likeness (QED) is 0.607. The molecule has 0 amide bonds. The van der Waals surface area contributed by atoms with Crippen molar-refractivity contribution in [2.45, 2.75) is 24.3 Å². The van der Waals surface area contributed by atoms with E-state index in [4.69, 9.17) is 10.8 Å². The van der Waals surface area contributed by atoms with Crippen molar-refractivity contribution in [3.8, 4) is 0 Å². The number of hydrogen-bond donors (Lipinski definition) is 2. The lowest BCUT2D eigenvalue weighted by Gasteiger charge is -2.17. The van der Waals surface area contributed by atoms with E-state index < -0.39 is 22.3 Å². The van der Waals surface area contributed by atoms with Gasteiger partial charge in [0.2, 0.25) is 0 Å². The Kier molecular flexibility index (Phi) is 2.43. The largest absolute Gasteiger partial charge is 0.480 e. The van der Waals surface area contributed by atoms with Crippen LogP contribution in [-0.4, -0.2) is 22.0 Å². The SMILES string of the molecule is NC(C(=O)O)C1(c2ccc([N+](=O)[O-])s2)CC1. The van der Waals surface area contributed by atoms with Gasteiger partial charge in [0.15, 0.2) is 0 Å². The molecule has 0 radical (unpaired) electrons. The number of carboxylic acids is 1. The van der Waals surface area contributed by atoms with Gasteiger partial charge in [-0.2, -0.15) is 0 Å². The van der Waals surface area contributed by atoms with Crippen LogP contribution in [0.3, 0.4) is 0 Å². The molecule has 7 heteroatoms. The van der Waals surface area contributed by atoms with E-state index in [1.807, 2.05) is 0 Å². The average Bonchev–Trinajstić information content (AvgIpc) is 2.87. The van der Waals surface area contributed by atoms with Crippen molar-refractivity contribution in [3.05, 3.63) is 27.1 Å². The predicted octanol–water partition coefficient (Wildman–Crippen LogP) is 1.10. The van der Waals surface area contributed by atoms with E-state index in [9.17, 15) is 14.9 Å². The van der Waals surface area contributed by atoms with Gasteiger partial charge in [-0.05, 0) is 18.9 Å². The van der Waals surface area contributed by atoms with Crippen LogP contribution >= 0.6 is 11.3 Å². The summed E-state index contributed by atoms with van der Waals surface area (Å²) in [6.45, 7) is 0. The van der Waals surface area contributed by atoms with Gasteiger partial charge in [-0.1, -0.05) is 11.3 Å². The minimum absolute atomic E-state index is 0.0267. The number of thiophene rings is 1. The highest BCUT2D eigenvalue weighted by Crippen LogP contribution is 2.53. The van der Waals surface area contributed by atoms with Gasteiger partial charge in [0, 0.05) is 16.4 Å². The van der Waals surface area contributed by atoms with E-state index in [0.29, 0.717) is 17.7 Å². The summed E-state index contributed by atoms with van der Waals surface area (Å²) in [5, 5.41) is 19.4. The highest BCUT2D eigenvalue weighted by Gasteiger charge is 2.53. The molecule has 0 spiro atoms. The van der Waals surface area contributed by atoms with Crippen LogP contribution in [0.1, 0.15) is 17.7 Å². The Morgan fingerprint density at radius 3 is 2.62 bits per heavy atom. The maximum Gasteiger partial charge on any atom is 0.324 e. The van der Waals surface area contributed by atoms with Crippen molar-refractivity contribution in [1.82, 2.24) is 0 Å². The molecule has 16 heavy (non-hydrogen) atoms. The second kappa shape index (κ2) is 3.53. The van der Waals surface area contributed by atoms with E-state index in [-0.39, 0.29) is 5.00 Å². The zero-order chi connectivity index (χ0) is 11.9. The van der Waals surface area contributed by atoms with Gasteiger partial charge in [-0.15, -0.1) is 0 Å². The number of hydrogen-bond acceptors (Lipinski definition) is 5. The molecule has 1 aromatic heterocycles. The van der Waals surface area contributed by atoms with Crippen molar-refractivity contribution in [2.24, 2.45) is 5.73 Å². The van der Waals surface area contributed by atoms with E-state index in [1.54, 1.807) is 6.07 Å². The fourth-order valence-electron chi connectivity index (χ4n) is 1.78. The lowest BCUT2D eigenvalue weighted by atomic mass is 9.95. The Labute approximate surface area is 94.8 Å². The maximum absolute atomic E-state index is 10.8. The lowest BCUT2D eigenvalue weighted by Crippen LogP contribution is -2.41. The number of carboxylic acid groups (broad SMARTS) is 1. The summed E-state index contributed by atoms with van der Waals surface area (Å²) >= 11 is 1.01. The van der Waals surface area contributed by atoms with Crippen LogP contribution in [0.5, 0.6) is 0 Å². The fraction of sp³-hybridized carbons (Fsp3) is 0.444. The Morgan fingerprint density at radius 2 is 2.25 bits per heavy atom. The molecule has 1 unspecified atom stereocenters. The Hall–Kier alpha value is -1.47. The van der Waals surface area contributed by atoms with Crippen LogP contribution in [0, 0.1) is 10.1 Å². The van der Waals surface area contributed by atoms with Crippen molar-refractivity contribution in [1.29, 1.82) is 0 Å². The fourth-order valence-corrected chi connectivity index (χ4v) is 2.88. The zero-order valence-electron chi connectivity index (χ0n) is 8.25. The normalized spacial score (nSPS) is 19.1. The third-order valence-electron chi connectivity index (χ3n) is 2.91.